The minimum atomic E-state index is -0.472. The third kappa shape index (κ3) is 6.92. The monoisotopic (exact) mass is 736 g/mol. The topological polar surface area (TPSA) is 48.5 Å². The predicted octanol–water partition coefficient (Wildman–Crippen LogP) is 11.9. The third-order valence-corrected chi connectivity index (χ3v) is 11.1. The van der Waals surface area contributed by atoms with E-state index in [0.717, 1.165) is 45.0 Å². The van der Waals surface area contributed by atoms with Gasteiger partial charge >= 0.3 is 0 Å². The van der Waals surface area contributed by atoms with Gasteiger partial charge in [-0.3, -0.25) is 10.3 Å². The number of benzene rings is 8. The Kier molecular flexibility index (Phi) is 10.0. The van der Waals surface area contributed by atoms with E-state index < -0.39 is 5.41 Å². The fourth-order valence-corrected chi connectivity index (χ4v) is 8.39. The minimum absolute atomic E-state index is 0.0830. The van der Waals surface area contributed by atoms with Crippen LogP contribution in [0.15, 0.2) is 217 Å². The van der Waals surface area contributed by atoms with Crippen molar-refractivity contribution in [3.63, 3.8) is 0 Å². The second-order valence-corrected chi connectivity index (χ2v) is 14.5. The molecule has 1 aliphatic carbocycles. The summed E-state index contributed by atoms with van der Waals surface area (Å²) in [7, 11) is 1.96. The number of hydrogen-bond acceptors (Lipinski definition) is 3. The summed E-state index contributed by atoms with van der Waals surface area (Å²) in [6.45, 7) is 0.536. The van der Waals surface area contributed by atoms with E-state index in [0.29, 0.717) is 6.54 Å². The molecule has 8 aromatic rings. The maximum atomic E-state index is 5.11. The summed E-state index contributed by atoms with van der Waals surface area (Å²) in [5.74, 6) is 0.842. The van der Waals surface area contributed by atoms with Crippen LogP contribution in [0.1, 0.15) is 45.1 Å². The predicted molar refractivity (Wildman–Crippen MR) is 237 cm³/mol. The Bertz CT molecular complexity index is 2570. The van der Waals surface area contributed by atoms with Crippen LogP contribution < -0.4 is 16.0 Å². The van der Waals surface area contributed by atoms with Crippen molar-refractivity contribution in [2.75, 3.05) is 12.4 Å². The van der Waals surface area contributed by atoms with Gasteiger partial charge in [-0.2, -0.15) is 0 Å². The van der Waals surface area contributed by atoms with Gasteiger partial charge in [0.25, 0.3) is 0 Å². The summed E-state index contributed by atoms with van der Waals surface area (Å²) in [5, 5.41) is 10.9. The molecule has 276 valence electrons. The summed E-state index contributed by atoms with van der Waals surface area (Å²) in [6, 6.07) is 75.8. The maximum Gasteiger partial charge on any atom is 0.130 e. The second-order valence-electron chi connectivity index (χ2n) is 14.5. The van der Waals surface area contributed by atoms with E-state index in [2.05, 4.69) is 216 Å². The minimum Gasteiger partial charge on any atom is -0.355 e. The highest BCUT2D eigenvalue weighted by Gasteiger charge is 2.46. The zero-order valence-corrected chi connectivity index (χ0v) is 31.9. The van der Waals surface area contributed by atoms with Crippen LogP contribution >= 0.6 is 0 Å². The van der Waals surface area contributed by atoms with Gasteiger partial charge in [-0.15, -0.1) is 0 Å². The van der Waals surface area contributed by atoms with Crippen LogP contribution in [0.5, 0.6) is 0 Å². The van der Waals surface area contributed by atoms with Gasteiger partial charge in [-0.1, -0.05) is 188 Å². The first kappa shape index (κ1) is 35.7. The lowest BCUT2D eigenvalue weighted by Gasteiger charge is -2.34. The molecule has 1 aliphatic rings. The van der Waals surface area contributed by atoms with Crippen molar-refractivity contribution in [2.45, 2.75) is 18.1 Å². The van der Waals surface area contributed by atoms with Gasteiger partial charge in [0.05, 0.1) is 12.0 Å². The van der Waals surface area contributed by atoms with E-state index in [1.54, 1.807) is 0 Å². The van der Waals surface area contributed by atoms with Crippen molar-refractivity contribution in [3.8, 4) is 22.3 Å². The van der Waals surface area contributed by atoms with Crippen LogP contribution in [0.2, 0.25) is 0 Å². The van der Waals surface area contributed by atoms with Gasteiger partial charge in [0.2, 0.25) is 0 Å². The molecule has 1 atom stereocenters. The molecule has 0 aliphatic heterocycles. The average Bonchev–Trinajstić information content (AvgIpc) is 3.58. The molecule has 4 nitrogen and oxygen atoms in total. The zero-order valence-electron chi connectivity index (χ0n) is 31.9. The Hall–Kier alpha value is -7.01. The van der Waals surface area contributed by atoms with Crippen LogP contribution in [-0.2, 0) is 12.0 Å². The molecule has 0 fully saturated rings. The van der Waals surface area contributed by atoms with Gasteiger partial charge in [0, 0.05) is 22.5 Å². The molecular formula is C53H44N4. The Morgan fingerprint density at radius 1 is 0.526 bits per heavy atom. The first-order chi connectivity index (χ1) is 28.2. The molecule has 0 bridgehead atoms. The molecule has 57 heavy (non-hydrogen) atoms. The van der Waals surface area contributed by atoms with Crippen molar-refractivity contribution < 1.29 is 0 Å². The normalized spacial score (nSPS) is 13.3. The molecular weight excluding hydrogens is 693 g/mol. The Labute approximate surface area is 335 Å². The highest BCUT2D eigenvalue weighted by molar-refractivity contribution is 5.99. The molecule has 0 aromatic heterocycles. The van der Waals surface area contributed by atoms with Crippen molar-refractivity contribution >= 4 is 17.2 Å². The van der Waals surface area contributed by atoms with Crippen molar-refractivity contribution in [3.05, 3.63) is 251 Å². The number of nitrogens with one attached hydrogen (secondary N) is 3. The zero-order chi connectivity index (χ0) is 38.4. The average molecular weight is 737 g/mol. The van der Waals surface area contributed by atoms with E-state index in [-0.39, 0.29) is 6.17 Å². The van der Waals surface area contributed by atoms with Crippen LogP contribution in [0.4, 0.5) is 11.4 Å². The molecule has 0 spiro atoms. The van der Waals surface area contributed by atoms with E-state index in [1.165, 1.54) is 33.4 Å². The smallest absolute Gasteiger partial charge is 0.130 e. The van der Waals surface area contributed by atoms with Gasteiger partial charge in [-0.05, 0) is 81.4 Å². The lowest BCUT2D eigenvalue weighted by molar-refractivity contribution is 0.559. The number of nitrogens with zero attached hydrogens (tertiary/aromatic N) is 1. The van der Waals surface area contributed by atoms with Gasteiger partial charge in [0.15, 0.2) is 0 Å². The SMILES string of the molecule is CNC(N/C(=N\Cc1ccc(Nc2cc3c(cc2-c2ccccc2)C(c2ccccc2)(c2ccccc2)c2ccccc2-3)cc1)c1ccccc1)c1ccccc1. The highest BCUT2D eigenvalue weighted by Crippen LogP contribution is 2.57. The summed E-state index contributed by atoms with van der Waals surface area (Å²) in [5.41, 5.74) is 14.8. The van der Waals surface area contributed by atoms with E-state index >= 15 is 0 Å². The molecule has 0 saturated carbocycles. The van der Waals surface area contributed by atoms with Crippen LogP contribution in [-0.4, -0.2) is 12.9 Å². The summed E-state index contributed by atoms with van der Waals surface area (Å²) in [4.78, 5) is 5.11. The first-order valence-electron chi connectivity index (χ1n) is 19.6. The summed E-state index contributed by atoms with van der Waals surface area (Å²) >= 11 is 0. The first-order valence-corrected chi connectivity index (χ1v) is 19.6. The quantitative estimate of drug-likeness (QED) is 0.0704. The van der Waals surface area contributed by atoms with Gasteiger partial charge < -0.3 is 10.6 Å². The molecule has 0 radical (unpaired) electrons. The fraction of sp³-hybridized carbons (Fsp3) is 0.0755. The molecule has 3 N–H and O–H groups in total. The van der Waals surface area contributed by atoms with Crippen molar-refractivity contribution in [1.29, 1.82) is 0 Å². The van der Waals surface area contributed by atoms with E-state index in [4.69, 9.17) is 4.99 Å². The number of fused-ring (bicyclic) bond motifs is 3. The Morgan fingerprint density at radius 3 is 1.72 bits per heavy atom. The lowest BCUT2D eigenvalue weighted by atomic mass is 9.67. The van der Waals surface area contributed by atoms with E-state index in [1.807, 2.05) is 19.2 Å². The number of hydrogen-bond donors (Lipinski definition) is 3. The fourth-order valence-electron chi connectivity index (χ4n) is 8.39. The number of aliphatic imine (C=N–C) groups is 1. The standard InChI is InChI=1S/C53H44N4/c1-54-51(40-21-9-3-10-22-40)57-52(41-23-11-4-12-24-41)55-37-38-31-33-44(34-32-38)56-50-36-47-45-29-17-18-30-48(45)53(42-25-13-5-14-26-42,43-27-15-6-16-28-43)49(47)35-46(50)39-19-7-2-8-20-39/h2-36,51,54,56H,37H2,1H3,(H,55,57). The summed E-state index contributed by atoms with van der Waals surface area (Å²) in [6.07, 6.45) is -0.0830. The maximum absolute atomic E-state index is 5.11. The number of anilines is 2. The number of amidine groups is 1. The Balaban J connectivity index is 1.09. The second kappa shape index (κ2) is 16.0. The molecule has 0 amide bonds. The van der Waals surface area contributed by atoms with Crippen LogP contribution in [0, 0.1) is 0 Å². The molecule has 0 saturated heterocycles. The van der Waals surface area contributed by atoms with Gasteiger partial charge in [0.1, 0.15) is 12.0 Å². The molecule has 4 heteroatoms. The van der Waals surface area contributed by atoms with Crippen LogP contribution in [0.3, 0.4) is 0 Å². The van der Waals surface area contributed by atoms with Gasteiger partial charge in [-0.25, -0.2) is 0 Å². The largest absolute Gasteiger partial charge is 0.355 e. The lowest BCUT2D eigenvalue weighted by Crippen LogP contribution is -2.37. The van der Waals surface area contributed by atoms with Crippen molar-refractivity contribution in [2.24, 2.45) is 4.99 Å². The molecule has 9 rings (SSSR count). The summed E-state index contributed by atoms with van der Waals surface area (Å²) < 4.78 is 0. The molecule has 8 aromatic carbocycles. The highest BCUT2D eigenvalue weighted by atomic mass is 15.1. The van der Waals surface area contributed by atoms with E-state index in [9.17, 15) is 0 Å². The molecule has 1 unspecified atom stereocenters. The molecule has 0 heterocycles. The van der Waals surface area contributed by atoms with Crippen LogP contribution in [0.25, 0.3) is 22.3 Å². The Morgan fingerprint density at radius 2 is 1.09 bits per heavy atom. The third-order valence-electron chi connectivity index (χ3n) is 11.1. The van der Waals surface area contributed by atoms with Crippen molar-refractivity contribution in [1.82, 2.24) is 10.6 Å². The number of rotatable bonds is 11.